The quantitative estimate of drug-likeness (QED) is 0.250. The molecule has 158 valence electrons. The Hall–Kier alpha value is -3.82. The summed E-state index contributed by atoms with van der Waals surface area (Å²) in [5, 5.41) is 19.0. The van der Waals surface area contributed by atoms with Gasteiger partial charge in [0, 0.05) is 17.9 Å². The van der Waals surface area contributed by atoms with Gasteiger partial charge in [-0.05, 0) is 47.0 Å². The molecule has 0 aliphatic rings. The Morgan fingerprint density at radius 2 is 1.72 bits per heavy atom. The first-order chi connectivity index (χ1) is 15.7. The lowest BCUT2D eigenvalue weighted by Crippen LogP contribution is -2.00. The molecule has 3 aromatic carbocycles. The molecule has 4 aromatic rings. The standard InChI is InChI=1S/C26H22N4OS/c1-3-16-30-25(21-12-14-23(31-2)15-13-21)28-29-26(30)32-18-19-8-10-20(11-9-19)24-7-5-4-6-22(24)17-27/h3-15H,1,16,18H2,2H3. The molecule has 0 amide bonds. The predicted octanol–water partition coefficient (Wildman–Crippen LogP) is 5.97. The van der Waals surface area contributed by atoms with Crippen LogP contribution in [-0.4, -0.2) is 21.9 Å². The third-order valence-corrected chi connectivity index (χ3v) is 6.10. The molecule has 0 spiro atoms. The Bertz CT molecular complexity index is 1250. The zero-order valence-corrected chi connectivity index (χ0v) is 18.5. The summed E-state index contributed by atoms with van der Waals surface area (Å²) >= 11 is 1.64. The van der Waals surface area contributed by atoms with Crippen LogP contribution in [-0.2, 0) is 12.3 Å². The second-order valence-corrected chi connectivity index (χ2v) is 8.02. The van der Waals surface area contributed by atoms with Crippen LogP contribution in [0.25, 0.3) is 22.5 Å². The number of aromatic nitrogens is 3. The van der Waals surface area contributed by atoms with Crippen molar-refractivity contribution in [2.45, 2.75) is 17.5 Å². The number of hydrogen-bond acceptors (Lipinski definition) is 5. The van der Waals surface area contributed by atoms with E-state index in [1.807, 2.05) is 54.6 Å². The first-order valence-corrected chi connectivity index (χ1v) is 11.1. The Labute approximate surface area is 192 Å². The lowest BCUT2D eigenvalue weighted by molar-refractivity contribution is 0.415. The lowest BCUT2D eigenvalue weighted by Gasteiger charge is -2.09. The van der Waals surface area contributed by atoms with Gasteiger partial charge >= 0.3 is 0 Å². The third kappa shape index (κ3) is 4.58. The largest absolute Gasteiger partial charge is 0.497 e. The number of benzene rings is 3. The predicted molar refractivity (Wildman–Crippen MR) is 128 cm³/mol. The van der Waals surface area contributed by atoms with Crippen LogP contribution in [0.15, 0.2) is 90.6 Å². The second-order valence-electron chi connectivity index (χ2n) is 7.08. The summed E-state index contributed by atoms with van der Waals surface area (Å²) in [7, 11) is 1.65. The van der Waals surface area contributed by atoms with Crippen LogP contribution in [0, 0.1) is 11.3 Å². The van der Waals surface area contributed by atoms with Crippen molar-refractivity contribution in [2.24, 2.45) is 0 Å². The molecule has 5 nitrogen and oxygen atoms in total. The molecule has 1 heterocycles. The molecule has 4 rings (SSSR count). The Morgan fingerprint density at radius 1 is 1.00 bits per heavy atom. The fourth-order valence-corrected chi connectivity index (χ4v) is 4.31. The highest BCUT2D eigenvalue weighted by atomic mass is 32.2. The van der Waals surface area contributed by atoms with Crippen LogP contribution in [0.3, 0.4) is 0 Å². The van der Waals surface area contributed by atoms with Gasteiger partial charge < -0.3 is 4.74 Å². The maximum absolute atomic E-state index is 9.34. The highest BCUT2D eigenvalue weighted by Crippen LogP contribution is 2.29. The molecule has 0 saturated heterocycles. The molecule has 32 heavy (non-hydrogen) atoms. The van der Waals surface area contributed by atoms with Gasteiger partial charge in [0.2, 0.25) is 0 Å². The minimum atomic E-state index is 0.626. The van der Waals surface area contributed by atoms with Gasteiger partial charge in [0.05, 0.1) is 18.7 Å². The molecule has 0 fully saturated rings. The molecule has 0 aliphatic carbocycles. The van der Waals surface area contributed by atoms with Crippen molar-refractivity contribution in [1.82, 2.24) is 14.8 Å². The number of ether oxygens (including phenoxy) is 1. The number of nitriles is 1. The lowest BCUT2D eigenvalue weighted by atomic mass is 10.00. The van der Waals surface area contributed by atoms with Crippen molar-refractivity contribution in [2.75, 3.05) is 7.11 Å². The van der Waals surface area contributed by atoms with Crippen molar-refractivity contribution in [3.05, 3.63) is 96.6 Å². The number of methoxy groups -OCH3 is 1. The monoisotopic (exact) mass is 438 g/mol. The molecule has 0 aliphatic heterocycles. The van der Waals surface area contributed by atoms with Crippen molar-refractivity contribution in [3.8, 4) is 34.3 Å². The fourth-order valence-electron chi connectivity index (χ4n) is 3.40. The number of thioether (sulfide) groups is 1. The van der Waals surface area contributed by atoms with Gasteiger partial charge in [-0.2, -0.15) is 5.26 Å². The maximum Gasteiger partial charge on any atom is 0.192 e. The fraction of sp³-hybridized carbons (Fsp3) is 0.115. The van der Waals surface area contributed by atoms with E-state index in [1.54, 1.807) is 18.9 Å². The zero-order chi connectivity index (χ0) is 22.3. The van der Waals surface area contributed by atoms with Crippen LogP contribution >= 0.6 is 11.8 Å². The summed E-state index contributed by atoms with van der Waals surface area (Å²) in [6, 6.07) is 26.0. The highest BCUT2D eigenvalue weighted by Gasteiger charge is 2.14. The minimum Gasteiger partial charge on any atom is -0.497 e. The van der Waals surface area contributed by atoms with E-state index in [-0.39, 0.29) is 0 Å². The molecule has 0 unspecified atom stereocenters. The number of hydrogen-bond donors (Lipinski definition) is 0. The maximum atomic E-state index is 9.34. The molecular formula is C26H22N4OS. The van der Waals surface area contributed by atoms with E-state index in [9.17, 15) is 5.26 Å². The van der Waals surface area contributed by atoms with E-state index in [1.165, 1.54) is 5.56 Å². The van der Waals surface area contributed by atoms with Crippen molar-refractivity contribution < 1.29 is 4.74 Å². The van der Waals surface area contributed by atoms with E-state index in [4.69, 9.17) is 4.74 Å². The number of nitrogens with zero attached hydrogens (tertiary/aromatic N) is 4. The summed E-state index contributed by atoms with van der Waals surface area (Å²) in [5.74, 6) is 2.37. The summed E-state index contributed by atoms with van der Waals surface area (Å²) in [4.78, 5) is 0. The molecule has 0 N–H and O–H groups in total. The Morgan fingerprint density at radius 3 is 2.41 bits per heavy atom. The van der Waals surface area contributed by atoms with Gasteiger partial charge in [0.25, 0.3) is 0 Å². The molecular weight excluding hydrogens is 416 g/mol. The Kier molecular flexibility index (Phi) is 6.69. The average molecular weight is 439 g/mol. The molecule has 0 radical (unpaired) electrons. The molecule has 1 aromatic heterocycles. The van der Waals surface area contributed by atoms with Crippen LogP contribution in [0.5, 0.6) is 5.75 Å². The van der Waals surface area contributed by atoms with Crippen LogP contribution in [0.2, 0.25) is 0 Å². The Balaban J connectivity index is 1.51. The molecule has 0 bridgehead atoms. The first kappa shape index (κ1) is 21.4. The number of rotatable bonds is 8. The second kappa shape index (κ2) is 9.99. The van der Waals surface area contributed by atoms with Gasteiger partial charge in [0.1, 0.15) is 5.75 Å². The van der Waals surface area contributed by atoms with E-state index in [0.29, 0.717) is 12.1 Å². The summed E-state index contributed by atoms with van der Waals surface area (Å²) in [5.41, 5.74) is 4.81. The summed E-state index contributed by atoms with van der Waals surface area (Å²) in [6.07, 6.45) is 1.85. The van der Waals surface area contributed by atoms with Crippen molar-refractivity contribution in [3.63, 3.8) is 0 Å². The van der Waals surface area contributed by atoms with Gasteiger partial charge in [-0.1, -0.05) is 60.3 Å². The minimum absolute atomic E-state index is 0.626. The molecule has 0 atom stereocenters. The van der Waals surface area contributed by atoms with E-state index in [0.717, 1.165) is 39.2 Å². The molecule has 0 saturated carbocycles. The third-order valence-electron chi connectivity index (χ3n) is 5.06. The van der Waals surface area contributed by atoms with E-state index < -0.39 is 0 Å². The summed E-state index contributed by atoms with van der Waals surface area (Å²) in [6.45, 7) is 4.51. The normalized spacial score (nSPS) is 10.5. The smallest absolute Gasteiger partial charge is 0.192 e. The number of allylic oxidation sites excluding steroid dienone is 1. The van der Waals surface area contributed by atoms with Gasteiger partial charge in [-0.25, -0.2) is 0 Å². The topological polar surface area (TPSA) is 63.7 Å². The van der Waals surface area contributed by atoms with Crippen LogP contribution in [0.1, 0.15) is 11.1 Å². The molecule has 6 heteroatoms. The van der Waals surface area contributed by atoms with Gasteiger partial charge in [0.15, 0.2) is 11.0 Å². The first-order valence-electron chi connectivity index (χ1n) is 10.1. The van der Waals surface area contributed by atoms with Crippen LogP contribution < -0.4 is 4.74 Å². The summed E-state index contributed by atoms with van der Waals surface area (Å²) < 4.78 is 7.31. The zero-order valence-electron chi connectivity index (χ0n) is 17.7. The highest BCUT2D eigenvalue weighted by molar-refractivity contribution is 7.98. The van der Waals surface area contributed by atoms with Gasteiger partial charge in [-0.15, -0.1) is 16.8 Å². The van der Waals surface area contributed by atoms with E-state index in [2.05, 4.69) is 51.7 Å². The van der Waals surface area contributed by atoms with Crippen LogP contribution in [0.4, 0.5) is 0 Å². The van der Waals surface area contributed by atoms with Gasteiger partial charge in [-0.3, -0.25) is 4.57 Å². The van der Waals surface area contributed by atoms with Crippen molar-refractivity contribution >= 4 is 11.8 Å². The van der Waals surface area contributed by atoms with Crippen molar-refractivity contribution in [1.29, 1.82) is 5.26 Å². The van der Waals surface area contributed by atoms with E-state index >= 15 is 0 Å². The average Bonchev–Trinajstić information content (AvgIpc) is 3.25. The SMILES string of the molecule is C=CCn1c(SCc2ccc(-c3ccccc3C#N)cc2)nnc1-c1ccc(OC)cc1.